The summed E-state index contributed by atoms with van der Waals surface area (Å²) in [6.45, 7) is 1.51. The number of hydrogen-bond donors (Lipinski definition) is 1. The highest BCUT2D eigenvalue weighted by Gasteiger charge is 2.11. The Hall–Kier alpha value is -1.20. The normalized spacial score (nSPS) is 11.3. The molecule has 2 N–H and O–H groups in total. The zero-order valence-corrected chi connectivity index (χ0v) is 9.25. The Kier molecular flexibility index (Phi) is 3.60. The molecular weight excluding hydrogens is 214 g/mol. The molecule has 0 radical (unpaired) electrons. The van der Waals surface area contributed by atoms with Gasteiger partial charge in [0, 0.05) is 5.56 Å². The van der Waals surface area contributed by atoms with Crippen LogP contribution in [0.3, 0.4) is 0 Å². The van der Waals surface area contributed by atoms with Crippen molar-refractivity contribution in [2.45, 2.75) is 11.8 Å². The van der Waals surface area contributed by atoms with E-state index in [0.717, 1.165) is 0 Å². The first-order valence-corrected chi connectivity index (χ1v) is 6.22. The van der Waals surface area contributed by atoms with Crippen molar-refractivity contribution in [3.63, 3.8) is 0 Å². The molecule has 5 heteroatoms. The van der Waals surface area contributed by atoms with E-state index >= 15 is 0 Å². The standard InChI is InChI=1S/C10H13NO3S/c1-2-15(13,14)9-5-3-8(4-6-9)10(12)7-11/h3-6H,2,7,11H2,1H3. The Morgan fingerprint density at radius 1 is 1.27 bits per heavy atom. The summed E-state index contributed by atoms with van der Waals surface area (Å²) in [4.78, 5) is 11.4. The maximum Gasteiger partial charge on any atom is 0.178 e. The summed E-state index contributed by atoms with van der Waals surface area (Å²) in [5.74, 6) is -0.146. The number of carbonyl (C=O) groups is 1. The van der Waals surface area contributed by atoms with Gasteiger partial charge >= 0.3 is 0 Å². The lowest BCUT2D eigenvalue weighted by atomic mass is 10.1. The van der Waals surface area contributed by atoms with Gasteiger partial charge in [-0.25, -0.2) is 8.42 Å². The molecule has 1 aromatic carbocycles. The summed E-state index contributed by atoms with van der Waals surface area (Å²) in [7, 11) is -3.19. The monoisotopic (exact) mass is 227 g/mol. The number of sulfone groups is 1. The Bertz CT molecular complexity index is 448. The number of nitrogens with two attached hydrogens (primary N) is 1. The average Bonchev–Trinajstić information content (AvgIpc) is 2.28. The first-order valence-electron chi connectivity index (χ1n) is 4.57. The fraction of sp³-hybridized carbons (Fsp3) is 0.300. The molecule has 1 rings (SSSR count). The van der Waals surface area contributed by atoms with E-state index < -0.39 is 9.84 Å². The lowest BCUT2D eigenvalue weighted by Gasteiger charge is -2.02. The highest BCUT2D eigenvalue weighted by molar-refractivity contribution is 7.91. The van der Waals surface area contributed by atoms with Gasteiger partial charge in [0.25, 0.3) is 0 Å². The molecule has 0 bridgehead atoms. The lowest BCUT2D eigenvalue weighted by molar-refractivity contribution is 0.100. The van der Waals surface area contributed by atoms with Crippen molar-refractivity contribution >= 4 is 15.6 Å². The van der Waals surface area contributed by atoms with E-state index in [0.29, 0.717) is 5.56 Å². The summed E-state index contributed by atoms with van der Waals surface area (Å²) < 4.78 is 22.9. The van der Waals surface area contributed by atoms with Crippen LogP contribution in [0.4, 0.5) is 0 Å². The molecule has 15 heavy (non-hydrogen) atoms. The molecule has 0 saturated heterocycles. The third-order valence-electron chi connectivity index (χ3n) is 2.10. The van der Waals surface area contributed by atoms with E-state index in [1.54, 1.807) is 6.92 Å². The number of carbonyl (C=O) groups excluding carboxylic acids is 1. The molecule has 0 heterocycles. The molecule has 0 saturated carbocycles. The lowest BCUT2D eigenvalue weighted by Crippen LogP contribution is -2.13. The van der Waals surface area contributed by atoms with Gasteiger partial charge in [-0.3, -0.25) is 4.79 Å². The Labute approximate surface area is 89.0 Å². The Balaban J connectivity index is 3.06. The molecule has 82 valence electrons. The second-order valence-corrected chi connectivity index (χ2v) is 5.33. The van der Waals surface area contributed by atoms with Crippen LogP contribution in [-0.4, -0.2) is 26.5 Å². The van der Waals surface area contributed by atoms with Gasteiger partial charge in [0.1, 0.15) is 0 Å². The summed E-state index contributed by atoms with van der Waals surface area (Å²) in [5, 5.41) is 0. The SMILES string of the molecule is CCS(=O)(=O)c1ccc(C(=O)CN)cc1. The molecule has 0 fully saturated rings. The number of hydrogen-bond acceptors (Lipinski definition) is 4. The van der Waals surface area contributed by atoms with E-state index in [-0.39, 0.29) is 23.0 Å². The second kappa shape index (κ2) is 4.55. The first-order chi connectivity index (χ1) is 7.01. The third-order valence-corrected chi connectivity index (χ3v) is 3.85. The van der Waals surface area contributed by atoms with Crippen LogP contribution < -0.4 is 5.73 Å². The van der Waals surface area contributed by atoms with Gasteiger partial charge in [-0.1, -0.05) is 19.1 Å². The van der Waals surface area contributed by atoms with E-state index in [4.69, 9.17) is 5.73 Å². The molecule has 0 aromatic heterocycles. The van der Waals surface area contributed by atoms with E-state index in [1.807, 2.05) is 0 Å². The van der Waals surface area contributed by atoms with Gasteiger partial charge < -0.3 is 5.73 Å². The third kappa shape index (κ3) is 2.64. The average molecular weight is 227 g/mol. The number of ketones is 1. The predicted molar refractivity (Wildman–Crippen MR) is 57.6 cm³/mol. The molecule has 0 aliphatic heterocycles. The van der Waals surface area contributed by atoms with Crippen molar-refractivity contribution in [1.82, 2.24) is 0 Å². The molecule has 0 aliphatic rings. The molecule has 1 aromatic rings. The van der Waals surface area contributed by atoms with E-state index in [2.05, 4.69) is 0 Å². The smallest absolute Gasteiger partial charge is 0.178 e. The molecule has 0 aliphatic carbocycles. The topological polar surface area (TPSA) is 77.2 Å². The van der Waals surface area contributed by atoms with Crippen molar-refractivity contribution in [3.05, 3.63) is 29.8 Å². The molecule has 0 amide bonds. The molecule has 4 nitrogen and oxygen atoms in total. The van der Waals surface area contributed by atoms with Crippen molar-refractivity contribution in [2.24, 2.45) is 5.73 Å². The van der Waals surface area contributed by atoms with Crippen LogP contribution in [0.15, 0.2) is 29.2 Å². The molecule has 0 atom stereocenters. The zero-order chi connectivity index (χ0) is 11.5. The van der Waals surface area contributed by atoms with Gasteiger partial charge in [0.15, 0.2) is 15.6 Å². The van der Waals surface area contributed by atoms with Crippen LogP contribution in [-0.2, 0) is 9.84 Å². The largest absolute Gasteiger partial charge is 0.324 e. The Morgan fingerprint density at radius 3 is 2.20 bits per heavy atom. The number of Topliss-reactive ketones (excluding diaryl/α,β-unsaturated/α-hetero) is 1. The van der Waals surface area contributed by atoms with Gasteiger partial charge in [0.05, 0.1) is 17.2 Å². The van der Waals surface area contributed by atoms with E-state index in [9.17, 15) is 13.2 Å². The van der Waals surface area contributed by atoms with Gasteiger partial charge in [-0.15, -0.1) is 0 Å². The first kappa shape index (κ1) is 11.9. The minimum absolute atomic E-state index is 0.0528. The minimum Gasteiger partial charge on any atom is -0.324 e. The van der Waals surface area contributed by atoms with Crippen LogP contribution in [0, 0.1) is 0 Å². The van der Waals surface area contributed by atoms with Crippen LogP contribution in [0.1, 0.15) is 17.3 Å². The summed E-state index contributed by atoms with van der Waals surface area (Å²) in [5.41, 5.74) is 5.62. The number of benzene rings is 1. The summed E-state index contributed by atoms with van der Waals surface area (Å²) in [6.07, 6.45) is 0. The maximum atomic E-state index is 11.4. The van der Waals surface area contributed by atoms with Crippen LogP contribution >= 0.6 is 0 Å². The quantitative estimate of drug-likeness (QED) is 0.765. The molecular formula is C10H13NO3S. The molecule has 0 unspecified atom stereocenters. The number of rotatable bonds is 4. The Morgan fingerprint density at radius 2 is 1.80 bits per heavy atom. The summed E-state index contributed by atoms with van der Waals surface area (Å²) >= 11 is 0. The van der Waals surface area contributed by atoms with Crippen LogP contribution in [0.2, 0.25) is 0 Å². The molecule has 0 spiro atoms. The van der Waals surface area contributed by atoms with Gasteiger partial charge in [-0.2, -0.15) is 0 Å². The van der Waals surface area contributed by atoms with E-state index in [1.165, 1.54) is 24.3 Å². The van der Waals surface area contributed by atoms with Crippen LogP contribution in [0.25, 0.3) is 0 Å². The maximum absolute atomic E-state index is 11.4. The van der Waals surface area contributed by atoms with Crippen molar-refractivity contribution in [1.29, 1.82) is 0 Å². The van der Waals surface area contributed by atoms with Crippen LogP contribution in [0.5, 0.6) is 0 Å². The zero-order valence-electron chi connectivity index (χ0n) is 8.43. The van der Waals surface area contributed by atoms with Gasteiger partial charge in [-0.05, 0) is 12.1 Å². The summed E-state index contributed by atoms with van der Waals surface area (Å²) in [6, 6.07) is 5.83. The minimum atomic E-state index is -3.19. The van der Waals surface area contributed by atoms with Crippen molar-refractivity contribution in [2.75, 3.05) is 12.3 Å². The highest BCUT2D eigenvalue weighted by Crippen LogP contribution is 2.12. The second-order valence-electron chi connectivity index (χ2n) is 3.06. The van der Waals surface area contributed by atoms with Gasteiger partial charge in [0.2, 0.25) is 0 Å². The fourth-order valence-electron chi connectivity index (χ4n) is 1.13. The fourth-order valence-corrected chi connectivity index (χ4v) is 2.02. The van der Waals surface area contributed by atoms with Crippen molar-refractivity contribution < 1.29 is 13.2 Å². The van der Waals surface area contributed by atoms with Crippen molar-refractivity contribution in [3.8, 4) is 0 Å². The highest BCUT2D eigenvalue weighted by atomic mass is 32.2. The predicted octanol–water partition coefficient (Wildman–Crippen LogP) is 0.622.